The van der Waals surface area contributed by atoms with Gasteiger partial charge in [0.25, 0.3) is 0 Å². The molecule has 0 aliphatic carbocycles. The molecular weight excluding hydrogens is 164 g/mol. The Hall–Kier alpha value is -1.28. The van der Waals surface area contributed by atoms with Crippen molar-refractivity contribution >= 4 is 0 Å². The van der Waals surface area contributed by atoms with E-state index in [1.54, 1.807) is 13.2 Å². The molecule has 0 heterocycles. The highest BCUT2D eigenvalue weighted by Gasteiger charge is 2.01. The molecular formula is C11H14O2. The van der Waals surface area contributed by atoms with E-state index in [1.807, 2.05) is 37.3 Å². The first-order valence-electron chi connectivity index (χ1n) is 4.22. The van der Waals surface area contributed by atoms with Gasteiger partial charge in [0.1, 0.15) is 5.75 Å². The normalized spacial score (nSPS) is 13.2. The van der Waals surface area contributed by atoms with E-state index < -0.39 is 6.10 Å². The second kappa shape index (κ2) is 4.67. The van der Waals surface area contributed by atoms with Crippen LogP contribution in [0.25, 0.3) is 0 Å². The minimum atomic E-state index is -0.518. The maximum atomic E-state index is 9.56. The summed E-state index contributed by atoms with van der Waals surface area (Å²) in [6.07, 6.45) is 3.05. The van der Waals surface area contributed by atoms with Crippen molar-refractivity contribution in [2.45, 2.75) is 13.0 Å². The van der Waals surface area contributed by atoms with Gasteiger partial charge in [0, 0.05) is 0 Å². The summed E-state index contributed by atoms with van der Waals surface area (Å²) in [5.74, 6) is 0.802. The third-order valence-corrected chi connectivity index (χ3v) is 1.83. The number of ether oxygens (including phenoxy) is 1. The molecule has 2 heteroatoms. The number of allylic oxidation sites excluding steroid dienone is 1. The second-order valence-corrected chi connectivity index (χ2v) is 2.74. The monoisotopic (exact) mass is 178 g/mol. The highest BCUT2D eigenvalue weighted by molar-refractivity contribution is 5.29. The molecule has 1 rings (SSSR count). The second-order valence-electron chi connectivity index (χ2n) is 2.74. The molecule has 0 aromatic heterocycles. The molecule has 1 atom stereocenters. The molecule has 0 fully saturated rings. The summed E-state index contributed by atoms with van der Waals surface area (Å²) in [6, 6.07) is 7.37. The Kier molecular flexibility index (Phi) is 3.53. The molecule has 2 nitrogen and oxygen atoms in total. The molecule has 1 N–H and O–H groups in total. The Bertz CT molecular complexity index is 275. The smallest absolute Gasteiger partial charge is 0.118 e. The van der Waals surface area contributed by atoms with Crippen LogP contribution in [0.2, 0.25) is 0 Å². The van der Waals surface area contributed by atoms with Gasteiger partial charge in [-0.2, -0.15) is 0 Å². The van der Waals surface area contributed by atoms with E-state index >= 15 is 0 Å². The third kappa shape index (κ3) is 2.60. The molecule has 0 radical (unpaired) electrons. The Morgan fingerprint density at radius 1 is 1.31 bits per heavy atom. The molecule has 0 unspecified atom stereocenters. The van der Waals surface area contributed by atoms with E-state index in [-0.39, 0.29) is 0 Å². The van der Waals surface area contributed by atoms with E-state index in [9.17, 15) is 5.11 Å². The summed E-state index contributed by atoms with van der Waals surface area (Å²) in [4.78, 5) is 0. The third-order valence-electron chi connectivity index (χ3n) is 1.83. The topological polar surface area (TPSA) is 29.5 Å². The fourth-order valence-electron chi connectivity index (χ4n) is 1.09. The Labute approximate surface area is 78.5 Å². The van der Waals surface area contributed by atoms with Crippen molar-refractivity contribution < 1.29 is 9.84 Å². The molecule has 0 aliphatic rings. The maximum Gasteiger partial charge on any atom is 0.118 e. The van der Waals surface area contributed by atoms with Crippen LogP contribution >= 0.6 is 0 Å². The molecule has 0 amide bonds. The summed E-state index contributed by atoms with van der Waals surface area (Å²) in [7, 11) is 1.62. The van der Waals surface area contributed by atoms with Crippen molar-refractivity contribution in [2.75, 3.05) is 7.11 Å². The molecule has 0 spiro atoms. The number of methoxy groups -OCH3 is 1. The molecule has 0 saturated heterocycles. The first-order chi connectivity index (χ1) is 6.27. The van der Waals surface area contributed by atoms with Crippen LogP contribution in [0.3, 0.4) is 0 Å². The quantitative estimate of drug-likeness (QED) is 0.720. The standard InChI is InChI=1S/C11H14O2/c1-3-4-11(12)9-5-7-10(13-2)8-6-9/h3-8,11-12H,1-2H3/b4-3+/t11-/m1/s1. The van der Waals surface area contributed by atoms with Crippen LogP contribution in [0.1, 0.15) is 18.6 Å². The lowest BCUT2D eigenvalue weighted by atomic mass is 10.1. The van der Waals surface area contributed by atoms with Crippen LogP contribution in [0.15, 0.2) is 36.4 Å². The Balaban J connectivity index is 2.79. The summed E-state index contributed by atoms with van der Waals surface area (Å²) in [6.45, 7) is 1.88. The highest BCUT2D eigenvalue weighted by Crippen LogP contribution is 2.18. The minimum Gasteiger partial charge on any atom is -0.497 e. The van der Waals surface area contributed by atoms with E-state index in [0.717, 1.165) is 11.3 Å². The number of aliphatic hydroxyl groups is 1. The number of benzene rings is 1. The van der Waals surface area contributed by atoms with Gasteiger partial charge in [0.05, 0.1) is 13.2 Å². The SMILES string of the molecule is C/C=C/[C@@H](O)c1ccc(OC)cc1. The van der Waals surface area contributed by atoms with Crippen molar-refractivity contribution in [3.8, 4) is 5.75 Å². The lowest BCUT2D eigenvalue weighted by Crippen LogP contribution is -1.92. The maximum absolute atomic E-state index is 9.56. The zero-order valence-electron chi connectivity index (χ0n) is 7.90. The minimum absolute atomic E-state index is 0.518. The largest absolute Gasteiger partial charge is 0.497 e. The zero-order chi connectivity index (χ0) is 9.68. The van der Waals surface area contributed by atoms with E-state index in [4.69, 9.17) is 4.74 Å². The highest BCUT2D eigenvalue weighted by atomic mass is 16.5. The summed E-state index contributed by atoms with van der Waals surface area (Å²) < 4.78 is 5.01. The fraction of sp³-hybridized carbons (Fsp3) is 0.273. The molecule has 0 bridgehead atoms. The van der Waals surface area contributed by atoms with Crippen molar-refractivity contribution in [1.82, 2.24) is 0 Å². The van der Waals surface area contributed by atoms with Crippen molar-refractivity contribution in [1.29, 1.82) is 0 Å². The zero-order valence-corrected chi connectivity index (χ0v) is 7.90. The molecule has 1 aromatic rings. The van der Waals surface area contributed by atoms with Crippen LogP contribution in [0.5, 0.6) is 5.75 Å². The van der Waals surface area contributed by atoms with Crippen molar-refractivity contribution in [3.63, 3.8) is 0 Å². The summed E-state index contributed by atoms with van der Waals surface area (Å²) in [5, 5.41) is 9.56. The number of aliphatic hydroxyl groups excluding tert-OH is 1. The molecule has 0 saturated carbocycles. The van der Waals surface area contributed by atoms with Gasteiger partial charge >= 0.3 is 0 Å². The Morgan fingerprint density at radius 2 is 1.92 bits per heavy atom. The number of hydrogen-bond acceptors (Lipinski definition) is 2. The van der Waals surface area contributed by atoms with E-state index in [1.165, 1.54) is 0 Å². The molecule has 70 valence electrons. The van der Waals surface area contributed by atoms with Crippen LogP contribution in [0.4, 0.5) is 0 Å². The van der Waals surface area contributed by atoms with Crippen molar-refractivity contribution in [3.05, 3.63) is 42.0 Å². The first kappa shape index (κ1) is 9.81. The van der Waals surface area contributed by atoms with Gasteiger partial charge in [0.15, 0.2) is 0 Å². The van der Waals surface area contributed by atoms with Gasteiger partial charge in [0.2, 0.25) is 0 Å². The Morgan fingerprint density at radius 3 is 2.38 bits per heavy atom. The average molecular weight is 178 g/mol. The molecule has 13 heavy (non-hydrogen) atoms. The van der Waals surface area contributed by atoms with Crippen LogP contribution in [-0.4, -0.2) is 12.2 Å². The molecule has 0 aliphatic heterocycles. The van der Waals surface area contributed by atoms with Crippen LogP contribution in [0, 0.1) is 0 Å². The van der Waals surface area contributed by atoms with Crippen molar-refractivity contribution in [2.24, 2.45) is 0 Å². The van der Waals surface area contributed by atoms with Gasteiger partial charge in [-0.3, -0.25) is 0 Å². The lowest BCUT2D eigenvalue weighted by Gasteiger charge is -2.06. The predicted octanol–water partition coefficient (Wildman–Crippen LogP) is 2.30. The molecule has 1 aromatic carbocycles. The fourth-order valence-corrected chi connectivity index (χ4v) is 1.09. The van der Waals surface area contributed by atoms with Gasteiger partial charge in [-0.05, 0) is 24.6 Å². The van der Waals surface area contributed by atoms with E-state index in [2.05, 4.69) is 0 Å². The lowest BCUT2D eigenvalue weighted by molar-refractivity contribution is 0.228. The first-order valence-corrected chi connectivity index (χ1v) is 4.22. The number of hydrogen-bond donors (Lipinski definition) is 1. The van der Waals surface area contributed by atoms with Crippen LogP contribution in [-0.2, 0) is 0 Å². The number of rotatable bonds is 3. The average Bonchev–Trinajstić information content (AvgIpc) is 2.18. The van der Waals surface area contributed by atoms with E-state index in [0.29, 0.717) is 0 Å². The van der Waals surface area contributed by atoms with Gasteiger partial charge < -0.3 is 9.84 Å². The van der Waals surface area contributed by atoms with Gasteiger partial charge in [-0.1, -0.05) is 24.3 Å². The van der Waals surface area contributed by atoms with Gasteiger partial charge in [-0.25, -0.2) is 0 Å². The summed E-state index contributed by atoms with van der Waals surface area (Å²) in [5.41, 5.74) is 0.874. The predicted molar refractivity (Wildman–Crippen MR) is 52.8 cm³/mol. The van der Waals surface area contributed by atoms with Crippen LogP contribution < -0.4 is 4.74 Å². The van der Waals surface area contributed by atoms with Gasteiger partial charge in [-0.15, -0.1) is 0 Å². The summed E-state index contributed by atoms with van der Waals surface area (Å²) >= 11 is 0.